The monoisotopic (exact) mass is 350 g/mol. The van der Waals surface area contributed by atoms with Gasteiger partial charge in [-0.2, -0.15) is 0 Å². The molecule has 0 unspecified atom stereocenters. The number of aromatic amines is 2. The fourth-order valence-electron chi connectivity index (χ4n) is 3.02. The first-order valence-corrected chi connectivity index (χ1v) is 7.59. The van der Waals surface area contributed by atoms with E-state index in [0.717, 1.165) is 11.3 Å². The topological polar surface area (TPSA) is 74.0 Å². The summed E-state index contributed by atoms with van der Waals surface area (Å²) >= 11 is 0. The highest BCUT2D eigenvalue weighted by Gasteiger charge is 2.31. The summed E-state index contributed by atoms with van der Waals surface area (Å²) in [6.07, 6.45) is -4.09. The Kier molecular flexibility index (Phi) is 3.45. The van der Waals surface area contributed by atoms with Crippen molar-refractivity contribution in [2.45, 2.75) is 19.3 Å². The lowest BCUT2D eigenvalue weighted by atomic mass is 10.0. The van der Waals surface area contributed by atoms with Crippen LogP contribution < -0.4 is 15.3 Å². The number of hydrogen-bond acceptors (Lipinski definition) is 4. The van der Waals surface area contributed by atoms with Gasteiger partial charge < -0.3 is 14.6 Å². The molecular formula is C16H13F3N4O2. The Balaban J connectivity index is 1.62. The van der Waals surface area contributed by atoms with E-state index in [9.17, 15) is 18.0 Å². The number of hydrogen-bond donors (Lipinski definition) is 2. The van der Waals surface area contributed by atoms with Crippen LogP contribution in [0.15, 0.2) is 35.1 Å². The van der Waals surface area contributed by atoms with Crippen LogP contribution in [0.1, 0.15) is 11.3 Å². The summed E-state index contributed by atoms with van der Waals surface area (Å²) in [7, 11) is 0. The molecule has 9 heteroatoms. The molecule has 0 radical (unpaired) electrons. The van der Waals surface area contributed by atoms with E-state index in [0.29, 0.717) is 36.4 Å². The smallest absolute Gasteiger partial charge is 0.406 e. The molecule has 0 spiro atoms. The Bertz CT molecular complexity index is 993. The van der Waals surface area contributed by atoms with E-state index in [1.165, 1.54) is 18.2 Å². The number of imidazole rings is 1. The Hall–Kier alpha value is -2.97. The van der Waals surface area contributed by atoms with Gasteiger partial charge in [0.1, 0.15) is 5.75 Å². The molecule has 3 aromatic rings. The van der Waals surface area contributed by atoms with Crippen LogP contribution in [0.3, 0.4) is 0 Å². The number of H-pyrrole nitrogens is 2. The minimum Gasteiger partial charge on any atom is -0.406 e. The number of benzene rings is 1. The standard InChI is InChI=1S/C16H13F3N4O2/c17-16(18,19)25-11-3-1-2-10(7-11)23-5-4-12-9(8-23)6-13-14(20-12)22-15(24)21-13/h1-3,6-7H,4-5,8H2,(H2,20,21,22,24). The van der Waals surface area contributed by atoms with Crippen molar-refractivity contribution in [3.63, 3.8) is 0 Å². The molecule has 0 saturated heterocycles. The number of anilines is 1. The molecule has 1 aromatic carbocycles. The zero-order chi connectivity index (χ0) is 17.6. The summed E-state index contributed by atoms with van der Waals surface area (Å²) in [6.45, 7) is 1.09. The molecule has 0 aliphatic carbocycles. The normalized spacial score (nSPS) is 14.6. The summed E-state index contributed by atoms with van der Waals surface area (Å²) in [4.78, 5) is 23.0. The molecule has 1 aliphatic rings. The number of pyridine rings is 1. The van der Waals surface area contributed by atoms with Gasteiger partial charge in [-0.05, 0) is 23.8 Å². The third-order valence-corrected chi connectivity index (χ3v) is 4.07. The highest BCUT2D eigenvalue weighted by molar-refractivity contribution is 5.71. The lowest BCUT2D eigenvalue weighted by molar-refractivity contribution is -0.274. The van der Waals surface area contributed by atoms with Gasteiger partial charge >= 0.3 is 12.1 Å². The second-order valence-electron chi connectivity index (χ2n) is 5.79. The van der Waals surface area contributed by atoms with Crippen LogP contribution in [0.2, 0.25) is 0 Å². The second-order valence-corrected chi connectivity index (χ2v) is 5.79. The highest BCUT2D eigenvalue weighted by atomic mass is 19.4. The summed E-state index contributed by atoms with van der Waals surface area (Å²) in [5.74, 6) is -0.251. The predicted molar refractivity (Wildman–Crippen MR) is 84.6 cm³/mol. The minimum atomic E-state index is -4.72. The SMILES string of the molecule is O=c1[nH]c2cc3c(nc2[nH]1)CCN(c1cccc(OC(F)(F)F)c1)C3. The van der Waals surface area contributed by atoms with Crippen molar-refractivity contribution in [3.05, 3.63) is 52.1 Å². The molecule has 0 bridgehead atoms. The van der Waals surface area contributed by atoms with Crippen molar-refractivity contribution in [2.24, 2.45) is 0 Å². The predicted octanol–water partition coefficient (Wildman–Crippen LogP) is 2.71. The largest absolute Gasteiger partial charge is 0.573 e. The Labute approximate surface area is 139 Å². The van der Waals surface area contributed by atoms with Crippen LogP contribution in [0, 0.1) is 0 Å². The van der Waals surface area contributed by atoms with E-state index in [4.69, 9.17) is 0 Å². The van der Waals surface area contributed by atoms with Crippen LogP contribution in [0.25, 0.3) is 11.2 Å². The molecule has 1 aliphatic heterocycles. The average molecular weight is 350 g/mol. The first kappa shape index (κ1) is 15.6. The van der Waals surface area contributed by atoms with Gasteiger partial charge in [0, 0.05) is 37.0 Å². The first-order chi connectivity index (χ1) is 11.9. The number of rotatable bonds is 2. The number of alkyl halides is 3. The van der Waals surface area contributed by atoms with Gasteiger partial charge in [0.2, 0.25) is 0 Å². The van der Waals surface area contributed by atoms with E-state index in [2.05, 4.69) is 19.7 Å². The van der Waals surface area contributed by atoms with Crippen LogP contribution >= 0.6 is 0 Å². The third-order valence-electron chi connectivity index (χ3n) is 4.07. The van der Waals surface area contributed by atoms with E-state index < -0.39 is 6.36 Å². The minimum absolute atomic E-state index is 0.251. The molecule has 3 heterocycles. The van der Waals surface area contributed by atoms with Gasteiger partial charge in [-0.15, -0.1) is 13.2 Å². The summed E-state index contributed by atoms with van der Waals surface area (Å²) in [5, 5.41) is 0. The van der Waals surface area contributed by atoms with Gasteiger partial charge in [-0.1, -0.05) is 6.07 Å². The van der Waals surface area contributed by atoms with Crippen molar-refractivity contribution >= 4 is 16.9 Å². The third kappa shape index (κ3) is 3.17. The van der Waals surface area contributed by atoms with Crippen LogP contribution in [-0.4, -0.2) is 27.9 Å². The summed E-state index contributed by atoms with van der Waals surface area (Å²) in [6, 6.07) is 7.74. The molecule has 0 saturated carbocycles. The first-order valence-electron chi connectivity index (χ1n) is 7.59. The molecule has 0 atom stereocenters. The number of halogens is 3. The molecule has 2 aromatic heterocycles. The number of nitrogens with zero attached hydrogens (tertiary/aromatic N) is 2. The van der Waals surface area contributed by atoms with E-state index in [1.807, 2.05) is 11.0 Å². The van der Waals surface area contributed by atoms with Gasteiger partial charge in [-0.25, -0.2) is 9.78 Å². The Morgan fingerprint density at radius 2 is 2.04 bits per heavy atom. The zero-order valence-electron chi connectivity index (χ0n) is 12.9. The molecule has 130 valence electrons. The van der Waals surface area contributed by atoms with Crippen molar-refractivity contribution < 1.29 is 17.9 Å². The Morgan fingerprint density at radius 3 is 2.84 bits per heavy atom. The van der Waals surface area contributed by atoms with Crippen LogP contribution in [0.5, 0.6) is 5.75 Å². The number of nitrogens with one attached hydrogen (secondary N) is 2. The molecule has 0 amide bonds. The fourth-order valence-corrected chi connectivity index (χ4v) is 3.02. The van der Waals surface area contributed by atoms with Gasteiger partial charge in [0.25, 0.3) is 0 Å². The number of ether oxygens (including phenoxy) is 1. The molecule has 4 rings (SSSR count). The lowest BCUT2D eigenvalue weighted by Gasteiger charge is -2.30. The maximum atomic E-state index is 12.4. The van der Waals surface area contributed by atoms with Crippen molar-refractivity contribution in [1.82, 2.24) is 15.0 Å². The van der Waals surface area contributed by atoms with Crippen LogP contribution in [0.4, 0.5) is 18.9 Å². The summed E-state index contributed by atoms with van der Waals surface area (Å²) < 4.78 is 41.1. The Morgan fingerprint density at radius 1 is 1.20 bits per heavy atom. The lowest BCUT2D eigenvalue weighted by Crippen LogP contribution is -2.31. The van der Waals surface area contributed by atoms with E-state index in [-0.39, 0.29) is 11.4 Å². The second kappa shape index (κ2) is 5.54. The van der Waals surface area contributed by atoms with Crippen molar-refractivity contribution in [3.8, 4) is 5.75 Å². The molecule has 0 fully saturated rings. The number of aromatic nitrogens is 3. The number of fused-ring (bicyclic) bond motifs is 2. The molecular weight excluding hydrogens is 337 g/mol. The van der Waals surface area contributed by atoms with Crippen LogP contribution in [-0.2, 0) is 13.0 Å². The molecule has 6 nitrogen and oxygen atoms in total. The maximum Gasteiger partial charge on any atom is 0.573 e. The van der Waals surface area contributed by atoms with Gasteiger partial charge in [0.05, 0.1) is 5.52 Å². The summed E-state index contributed by atoms with van der Waals surface area (Å²) in [5.41, 5.74) is 3.24. The van der Waals surface area contributed by atoms with E-state index >= 15 is 0 Å². The quantitative estimate of drug-likeness (QED) is 0.745. The van der Waals surface area contributed by atoms with Crippen molar-refractivity contribution in [2.75, 3.05) is 11.4 Å². The maximum absolute atomic E-state index is 12.4. The highest BCUT2D eigenvalue weighted by Crippen LogP contribution is 2.30. The van der Waals surface area contributed by atoms with Gasteiger partial charge in [0.15, 0.2) is 5.65 Å². The fraction of sp³-hybridized carbons (Fsp3) is 0.250. The average Bonchev–Trinajstić information content (AvgIpc) is 2.89. The van der Waals surface area contributed by atoms with Crippen molar-refractivity contribution in [1.29, 1.82) is 0 Å². The molecule has 2 N–H and O–H groups in total. The van der Waals surface area contributed by atoms with E-state index in [1.54, 1.807) is 6.07 Å². The van der Waals surface area contributed by atoms with Gasteiger partial charge in [-0.3, -0.25) is 4.98 Å². The zero-order valence-corrected chi connectivity index (χ0v) is 12.9. The molecule has 25 heavy (non-hydrogen) atoms.